The van der Waals surface area contributed by atoms with Crippen LogP contribution in [0.15, 0.2) is 66.7 Å². The highest BCUT2D eigenvalue weighted by Gasteiger charge is 2.37. The van der Waals surface area contributed by atoms with E-state index in [4.69, 9.17) is 4.74 Å². The van der Waals surface area contributed by atoms with Crippen LogP contribution in [0.1, 0.15) is 42.5 Å². The van der Waals surface area contributed by atoms with Gasteiger partial charge in [0.15, 0.2) is 0 Å². The summed E-state index contributed by atoms with van der Waals surface area (Å²) in [5.41, 5.74) is 1.79. The van der Waals surface area contributed by atoms with Crippen LogP contribution in [0.2, 0.25) is 0 Å². The van der Waals surface area contributed by atoms with Crippen molar-refractivity contribution in [2.75, 3.05) is 19.7 Å². The molecule has 0 N–H and O–H groups in total. The quantitative estimate of drug-likeness (QED) is 0.576. The number of hydrogen-bond donors (Lipinski definition) is 0. The number of aromatic nitrogens is 1. The second kappa shape index (κ2) is 9.17. The summed E-state index contributed by atoms with van der Waals surface area (Å²) in [5.74, 6) is -0.706. The minimum absolute atomic E-state index is 0.0843. The third-order valence-corrected chi connectivity index (χ3v) is 5.92. The molecule has 1 aromatic heterocycles. The smallest absolute Gasteiger partial charge is 0.232 e. The van der Waals surface area contributed by atoms with Crippen molar-refractivity contribution < 1.29 is 18.3 Å². The van der Waals surface area contributed by atoms with Crippen molar-refractivity contribution in [2.24, 2.45) is 0 Å². The highest BCUT2D eigenvalue weighted by Crippen LogP contribution is 2.29. The molecular weight excluding hydrogens is 410 g/mol. The molecule has 0 spiro atoms. The molecule has 0 radical (unpaired) electrons. The van der Waals surface area contributed by atoms with Crippen molar-refractivity contribution >= 4 is 5.91 Å². The van der Waals surface area contributed by atoms with Crippen molar-refractivity contribution in [3.8, 4) is 0 Å². The van der Waals surface area contributed by atoms with E-state index in [0.29, 0.717) is 42.9 Å². The number of morpholine rings is 1. The zero-order valence-electron chi connectivity index (χ0n) is 18.2. The largest absolute Gasteiger partial charge is 0.368 e. The summed E-state index contributed by atoms with van der Waals surface area (Å²) in [5, 5.41) is 0. The Hall–Kier alpha value is -3.12. The van der Waals surface area contributed by atoms with E-state index in [-0.39, 0.29) is 23.6 Å². The molecule has 0 unspecified atom stereocenters. The molecule has 1 saturated heterocycles. The van der Waals surface area contributed by atoms with Gasteiger partial charge in [-0.05, 0) is 55.3 Å². The topological polar surface area (TPSA) is 42.4 Å². The second-order valence-electron chi connectivity index (χ2n) is 8.57. The van der Waals surface area contributed by atoms with Gasteiger partial charge in [-0.3, -0.25) is 9.78 Å². The molecule has 0 aliphatic carbocycles. The van der Waals surface area contributed by atoms with Gasteiger partial charge in [0.05, 0.1) is 24.3 Å². The first-order valence-electron chi connectivity index (χ1n) is 10.7. The minimum Gasteiger partial charge on any atom is -0.368 e. The monoisotopic (exact) mass is 436 g/mol. The molecule has 4 nitrogen and oxygen atoms in total. The van der Waals surface area contributed by atoms with E-state index in [2.05, 4.69) is 4.98 Å². The lowest BCUT2D eigenvalue weighted by molar-refractivity contribution is -0.144. The molecule has 0 bridgehead atoms. The van der Waals surface area contributed by atoms with Crippen LogP contribution in [0.5, 0.6) is 0 Å². The first-order chi connectivity index (χ1) is 15.3. The van der Waals surface area contributed by atoms with Gasteiger partial charge in [-0.1, -0.05) is 36.4 Å². The molecule has 1 aliphatic rings. The van der Waals surface area contributed by atoms with Gasteiger partial charge >= 0.3 is 0 Å². The lowest BCUT2D eigenvalue weighted by Gasteiger charge is -2.37. The molecule has 6 heteroatoms. The molecule has 1 fully saturated rings. The first-order valence-corrected chi connectivity index (χ1v) is 10.7. The summed E-state index contributed by atoms with van der Waals surface area (Å²) >= 11 is 0. The number of benzene rings is 2. The summed E-state index contributed by atoms with van der Waals surface area (Å²) in [6.07, 6.45) is -0.000706. The molecule has 166 valence electrons. The van der Waals surface area contributed by atoms with Gasteiger partial charge in [-0.25, -0.2) is 8.78 Å². The number of carbonyl (C=O) groups excluding carboxylic acids is 1. The Balaban J connectivity index is 1.50. The number of amides is 1. The van der Waals surface area contributed by atoms with Gasteiger partial charge in [-0.15, -0.1) is 0 Å². The van der Waals surface area contributed by atoms with Crippen molar-refractivity contribution in [3.63, 3.8) is 0 Å². The number of halogens is 2. The van der Waals surface area contributed by atoms with Gasteiger partial charge in [-0.2, -0.15) is 0 Å². The van der Waals surface area contributed by atoms with E-state index in [9.17, 15) is 13.6 Å². The molecule has 4 rings (SSSR count). The fraction of sp³-hybridized carbons (Fsp3) is 0.308. The normalized spacial score (nSPS) is 16.8. The van der Waals surface area contributed by atoms with Crippen molar-refractivity contribution in [3.05, 3.63) is 101 Å². The van der Waals surface area contributed by atoms with Crippen LogP contribution in [-0.4, -0.2) is 35.5 Å². The van der Waals surface area contributed by atoms with E-state index >= 15 is 0 Å². The molecule has 3 aromatic rings. The summed E-state index contributed by atoms with van der Waals surface area (Å²) < 4.78 is 33.7. The van der Waals surface area contributed by atoms with Crippen LogP contribution in [0.25, 0.3) is 0 Å². The van der Waals surface area contributed by atoms with E-state index in [1.807, 2.05) is 32.0 Å². The third-order valence-electron chi connectivity index (χ3n) is 5.92. The number of rotatable bonds is 5. The molecule has 1 aliphatic heterocycles. The molecule has 0 saturated carbocycles. The number of ether oxygens (including phenoxy) is 1. The summed E-state index contributed by atoms with van der Waals surface area (Å²) in [7, 11) is 0. The Bertz CT molecular complexity index is 1120. The second-order valence-corrected chi connectivity index (χ2v) is 8.57. The SMILES string of the molecule is CC(C)(C(=O)N1CCO[C@H](c2cccc(Cc3ccccc3F)n2)C1)c1cccc(F)c1. The predicted molar refractivity (Wildman–Crippen MR) is 118 cm³/mol. The zero-order valence-corrected chi connectivity index (χ0v) is 18.2. The Morgan fingerprint density at radius 2 is 1.88 bits per heavy atom. The first kappa shape index (κ1) is 22.1. The lowest BCUT2D eigenvalue weighted by atomic mass is 9.83. The maximum Gasteiger partial charge on any atom is 0.232 e. The van der Waals surface area contributed by atoms with Crippen molar-refractivity contribution in [1.82, 2.24) is 9.88 Å². The standard InChI is InChI=1S/C26H26F2N2O2/c1-26(2,19-8-5-9-20(27)16-19)25(31)30-13-14-32-24(17-30)23-12-6-10-21(29-23)15-18-7-3-4-11-22(18)28/h3-12,16,24H,13-15,17H2,1-2H3/t24-/m0/s1. The number of carbonyl (C=O) groups is 1. The van der Waals surface area contributed by atoms with Crippen molar-refractivity contribution in [1.29, 1.82) is 0 Å². The average molecular weight is 437 g/mol. The molecule has 2 heterocycles. The Labute approximate surface area is 186 Å². The predicted octanol–water partition coefficient (Wildman–Crippen LogP) is 4.83. The minimum atomic E-state index is -0.871. The van der Waals surface area contributed by atoms with Crippen LogP contribution in [0, 0.1) is 11.6 Å². The summed E-state index contributed by atoms with van der Waals surface area (Å²) in [4.78, 5) is 19.8. The summed E-state index contributed by atoms with van der Waals surface area (Å²) in [6.45, 7) is 4.81. The summed E-state index contributed by atoms with van der Waals surface area (Å²) in [6, 6.07) is 18.4. The van der Waals surface area contributed by atoms with Gasteiger partial charge in [0.1, 0.15) is 17.7 Å². The fourth-order valence-corrected chi connectivity index (χ4v) is 4.02. The Kier molecular flexibility index (Phi) is 6.33. The van der Waals surface area contributed by atoms with Gasteiger partial charge < -0.3 is 9.64 Å². The average Bonchev–Trinajstić information content (AvgIpc) is 2.80. The highest BCUT2D eigenvalue weighted by molar-refractivity contribution is 5.87. The molecule has 1 atom stereocenters. The van der Waals surface area contributed by atoms with Crippen LogP contribution >= 0.6 is 0 Å². The van der Waals surface area contributed by atoms with Gasteiger partial charge in [0.25, 0.3) is 0 Å². The van der Waals surface area contributed by atoms with Crippen LogP contribution < -0.4 is 0 Å². The molecule has 1 amide bonds. The molecule has 32 heavy (non-hydrogen) atoms. The Morgan fingerprint density at radius 3 is 2.66 bits per heavy atom. The maximum atomic E-state index is 14.0. The maximum absolute atomic E-state index is 14.0. The van der Waals surface area contributed by atoms with Crippen molar-refractivity contribution in [2.45, 2.75) is 31.8 Å². The number of hydrogen-bond acceptors (Lipinski definition) is 3. The number of pyridine rings is 1. The van der Waals surface area contributed by atoms with Gasteiger partial charge in [0, 0.05) is 18.7 Å². The molecule has 2 aromatic carbocycles. The lowest BCUT2D eigenvalue weighted by Crippen LogP contribution is -2.49. The van der Waals surface area contributed by atoms with E-state index in [1.54, 1.807) is 35.2 Å². The van der Waals surface area contributed by atoms with Crippen LogP contribution in [-0.2, 0) is 21.4 Å². The van der Waals surface area contributed by atoms with E-state index < -0.39 is 5.41 Å². The van der Waals surface area contributed by atoms with Crippen LogP contribution in [0.4, 0.5) is 8.78 Å². The van der Waals surface area contributed by atoms with E-state index in [0.717, 1.165) is 5.69 Å². The number of nitrogens with zero attached hydrogens (tertiary/aromatic N) is 2. The van der Waals surface area contributed by atoms with Crippen LogP contribution in [0.3, 0.4) is 0 Å². The Morgan fingerprint density at radius 1 is 1.09 bits per heavy atom. The third kappa shape index (κ3) is 4.70. The molecular formula is C26H26F2N2O2. The van der Waals surface area contributed by atoms with Gasteiger partial charge in [0.2, 0.25) is 5.91 Å². The fourth-order valence-electron chi connectivity index (χ4n) is 4.02. The zero-order chi connectivity index (χ0) is 22.7. The van der Waals surface area contributed by atoms with E-state index in [1.165, 1.54) is 18.2 Å². The highest BCUT2D eigenvalue weighted by atomic mass is 19.1.